The van der Waals surface area contributed by atoms with Crippen LogP contribution in [0.1, 0.15) is 0 Å². The molecule has 2 heterocycles. The van der Waals surface area contributed by atoms with E-state index in [1.165, 1.54) is 4.90 Å². The zero-order valence-corrected chi connectivity index (χ0v) is 16.9. The smallest absolute Gasteiger partial charge is 0.497 e. The predicted octanol–water partition coefficient (Wildman–Crippen LogP) is 1.92. The summed E-state index contributed by atoms with van der Waals surface area (Å²) in [6.07, 6.45) is -0.688. The average molecular weight is 429 g/mol. The number of carbonyl (C=O) groups is 3. The first-order valence-corrected chi connectivity index (χ1v) is 9.63. The standard InChI is InChI=1S/C20H18ClN5O4/c1-30-16-8-6-15(7-9-16)24-10-11-25-18(28)19(29)26(23-20(24)25)12-17(27)22-14-4-2-13(21)3-5-14/h2-9,20H,10-12H2,1H3/p+1. The van der Waals surface area contributed by atoms with Gasteiger partial charge in [0, 0.05) is 34.6 Å². The van der Waals surface area contributed by atoms with E-state index in [9.17, 15) is 14.4 Å². The molecule has 9 nitrogen and oxygen atoms in total. The Morgan fingerprint density at radius 1 is 1.13 bits per heavy atom. The number of anilines is 2. The molecular formula is C20H19ClN5O4+. The molecule has 2 aromatic carbocycles. The molecule has 0 bridgehead atoms. The second-order valence-corrected chi connectivity index (χ2v) is 7.21. The van der Waals surface area contributed by atoms with Crippen molar-refractivity contribution in [2.24, 2.45) is 5.11 Å². The maximum absolute atomic E-state index is 12.6. The zero-order valence-electron chi connectivity index (χ0n) is 16.1. The number of amides is 3. The molecule has 1 N–H and O–H groups in total. The van der Waals surface area contributed by atoms with E-state index in [2.05, 4.69) is 10.4 Å². The second kappa shape index (κ2) is 8.11. The molecule has 0 radical (unpaired) electrons. The normalized spacial score (nSPS) is 18.2. The Morgan fingerprint density at radius 2 is 1.80 bits per heavy atom. The summed E-state index contributed by atoms with van der Waals surface area (Å²) in [4.78, 5) is 40.7. The van der Waals surface area contributed by atoms with Gasteiger partial charge >= 0.3 is 11.8 Å². The first kappa shape index (κ1) is 19.8. The Balaban J connectivity index is 1.53. The molecule has 2 aliphatic heterocycles. The van der Waals surface area contributed by atoms with Crippen LogP contribution >= 0.6 is 11.6 Å². The van der Waals surface area contributed by atoms with Crippen molar-refractivity contribution in [3.05, 3.63) is 53.6 Å². The molecule has 1 saturated heterocycles. The predicted molar refractivity (Wildman–Crippen MR) is 108 cm³/mol. The highest BCUT2D eigenvalue weighted by Crippen LogP contribution is 2.28. The summed E-state index contributed by atoms with van der Waals surface area (Å²) in [6, 6.07) is 13.9. The van der Waals surface area contributed by atoms with E-state index in [-0.39, 0.29) is 6.54 Å². The molecule has 2 aliphatic rings. The molecule has 154 valence electrons. The van der Waals surface area contributed by atoms with E-state index in [0.29, 0.717) is 29.5 Å². The van der Waals surface area contributed by atoms with E-state index in [4.69, 9.17) is 16.3 Å². The number of rotatable bonds is 5. The quantitative estimate of drug-likeness (QED) is 0.580. The van der Waals surface area contributed by atoms with Gasteiger partial charge in [-0.15, -0.1) is 0 Å². The lowest BCUT2D eigenvalue weighted by molar-refractivity contribution is -0.509. The Labute approximate surface area is 177 Å². The van der Waals surface area contributed by atoms with Crippen molar-refractivity contribution in [1.82, 2.24) is 4.90 Å². The Kier molecular flexibility index (Phi) is 5.37. The summed E-state index contributed by atoms with van der Waals surface area (Å²) in [7, 11) is 1.58. The van der Waals surface area contributed by atoms with Gasteiger partial charge < -0.3 is 15.0 Å². The highest BCUT2D eigenvalue weighted by molar-refractivity contribution is 6.32. The number of methoxy groups -OCH3 is 1. The van der Waals surface area contributed by atoms with Crippen LogP contribution in [0.25, 0.3) is 0 Å². The Bertz CT molecular complexity index is 1020. The van der Waals surface area contributed by atoms with Crippen LogP contribution in [0.4, 0.5) is 11.4 Å². The molecule has 1 atom stereocenters. The van der Waals surface area contributed by atoms with Crippen molar-refractivity contribution in [3.8, 4) is 5.75 Å². The minimum Gasteiger partial charge on any atom is -0.497 e. The Morgan fingerprint density at radius 3 is 2.47 bits per heavy atom. The highest BCUT2D eigenvalue weighted by Gasteiger charge is 2.49. The van der Waals surface area contributed by atoms with Gasteiger partial charge in [0.2, 0.25) is 0 Å². The number of hydrogen-bond acceptors (Lipinski definition) is 6. The van der Waals surface area contributed by atoms with Crippen LogP contribution in [-0.2, 0) is 14.4 Å². The Hall–Kier alpha value is -3.46. The third kappa shape index (κ3) is 3.84. The lowest BCUT2D eigenvalue weighted by Gasteiger charge is -2.27. The summed E-state index contributed by atoms with van der Waals surface area (Å²) in [6.45, 7) is 0.522. The molecule has 1 unspecified atom stereocenters. The number of fused-ring (bicyclic) bond motifs is 1. The largest absolute Gasteiger partial charge is 0.502 e. The molecule has 0 spiro atoms. The molecule has 10 heteroatoms. The molecule has 3 amide bonds. The fourth-order valence-electron chi connectivity index (χ4n) is 3.37. The van der Waals surface area contributed by atoms with Gasteiger partial charge in [-0.1, -0.05) is 11.6 Å². The number of halogens is 1. The SMILES string of the molecule is COc1ccc(N2CCN3C(=O)C(=O)[N+](CC(=O)Nc4ccc(Cl)cc4)=NC32)cc1. The van der Waals surface area contributed by atoms with E-state index in [1.807, 2.05) is 29.2 Å². The van der Waals surface area contributed by atoms with Gasteiger partial charge in [-0.05, 0) is 53.2 Å². The third-order valence-corrected chi connectivity index (χ3v) is 5.14. The summed E-state index contributed by atoms with van der Waals surface area (Å²) in [5.74, 6) is -1.26. The fourth-order valence-corrected chi connectivity index (χ4v) is 3.50. The van der Waals surface area contributed by atoms with E-state index < -0.39 is 24.0 Å². The summed E-state index contributed by atoms with van der Waals surface area (Å²) in [5.41, 5.74) is 1.36. The third-order valence-electron chi connectivity index (χ3n) is 4.89. The van der Waals surface area contributed by atoms with Gasteiger partial charge in [-0.25, -0.2) is 4.79 Å². The number of nitrogens with zero attached hydrogens (tertiary/aromatic N) is 4. The van der Waals surface area contributed by atoms with Crippen LogP contribution in [0.3, 0.4) is 0 Å². The molecule has 0 aromatic heterocycles. The average Bonchev–Trinajstić information content (AvgIpc) is 3.17. The van der Waals surface area contributed by atoms with Crippen molar-refractivity contribution in [1.29, 1.82) is 0 Å². The minimum atomic E-state index is -0.825. The lowest BCUT2D eigenvalue weighted by atomic mass is 10.3. The lowest BCUT2D eigenvalue weighted by Crippen LogP contribution is -2.52. The van der Waals surface area contributed by atoms with Crippen LogP contribution in [-0.4, -0.2) is 60.4 Å². The van der Waals surface area contributed by atoms with Gasteiger partial charge in [-0.3, -0.25) is 14.5 Å². The first-order chi connectivity index (χ1) is 14.5. The van der Waals surface area contributed by atoms with Crippen molar-refractivity contribution in [2.75, 3.05) is 37.0 Å². The van der Waals surface area contributed by atoms with E-state index in [1.54, 1.807) is 31.4 Å². The van der Waals surface area contributed by atoms with Crippen molar-refractivity contribution >= 4 is 40.7 Å². The molecule has 4 rings (SSSR count). The molecule has 1 fully saturated rings. The highest BCUT2D eigenvalue weighted by atomic mass is 35.5. The van der Waals surface area contributed by atoms with Crippen molar-refractivity contribution in [3.63, 3.8) is 0 Å². The number of nitrogens with one attached hydrogen (secondary N) is 1. The van der Waals surface area contributed by atoms with Crippen LogP contribution in [0, 0.1) is 0 Å². The van der Waals surface area contributed by atoms with E-state index >= 15 is 0 Å². The summed E-state index contributed by atoms with van der Waals surface area (Å²) in [5, 5.41) is 7.58. The monoisotopic (exact) mass is 428 g/mol. The van der Waals surface area contributed by atoms with Gasteiger partial charge in [0.1, 0.15) is 5.75 Å². The summed E-state index contributed by atoms with van der Waals surface area (Å²) < 4.78 is 6.10. The topological polar surface area (TPSA) is 94.3 Å². The van der Waals surface area contributed by atoms with Crippen LogP contribution < -0.4 is 15.0 Å². The van der Waals surface area contributed by atoms with E-state index in [0.717, 1.165) is 10.4 Å². The van der Waals surface area contributed by atoms with Crippen molar-refractivity contribution < 1.29 is 23.8 Å². The number of hydrogen-bond donors (Lipinski definition) is 1. The van der Waals surface area contributed by atoms with Crippen LogP contribution in [0.5, 0.6) is 5.75 Å². The molecule has 0 saturated carbocycles. The molecule has 30 heavy (non-hydrogen) atoms. The minimum absolute atomic E-state index is 0.367. The molecule has 2 aromatic rings. The number of carbonyl (C=O) groups excluding carboxylic acids is 3. The summed E-state index contributed by atoms with van der Waals surface area (Å²) >= 11 is 5.84. The fraction of sp³-hybridized carbons (Fsp3) is 0.250. The second-order valence-electron chi connectivity index (χ2n) is 6.77. The van der Waals surface area contributed by atoms with Crippen molar-refractivity contribution in [2.45, 2.75) is 6.29 Å². The number of azo groups is 2. The maximum atomic E-state index is 12.6. The van der Waals surface area contributed by atoms with Gasteiger partial charge in [0.15, 0.2) is 0 Å². The maximum Gasteiger partial charge on any atom is 0.502 e. The van der Waals surface area contributed by atoms with Crippen LogP contribution in [0.2, 0.25) is 5.02 Å². The van der Waals surface area contributed by atoms with Gasteiger partial charge in [0.05, 0.1) is 7.11 Å². The molecule has 0 aliphatic carbocycles. The van der Waals surface area contributed by atoms with Crippen LogP contribution in [0.15, 0.2) is 53.6 Å². The van der Waals surface area contributed by atoms with Gasteiger partial charge in [0.25, 0.3) is 18.7 Å². The zero-order chi connectivity index (χ0) is 21.3. The molecular weight excluding hydrogens is 410 g/mol. The van der Waals surface area contributed by atoms with Gasteiger partial charge in [-0.2, -0.15) is 0 Å². The number of ether oxygens (including phenoxy) is 1. The number of benzene rings is 2. The first-order valence-electron chi connectivity index (χ1n) is 9.25.